The molecule has 0 radical (unpaired) electrons. The quantitative estimate of drug-likeness (QED) is 0.811. The van der Waals surface area contributed by atoms with E-state index in [-0.39, 0.29) is 24.0 Å². The molecule has 0 bridgehead atoms. The Bertz CT molecular complexity index is 1050. The van der Waals surface area contributed by atoms with Gasteiger partial charge in [-0.15, -0.1) is 0 Å². The minimum Gasteiger partial charge on any atom is -0.458 e. The number of hydrogen-bond acceptors (Lipinski definition) is 4. The highest BCUT2D eigenvalue weighted by atomic mass is 16.7. The van der Waals surface area contributed by atoms with Crippen LogP contribution in [-0.4, -0.2) is 17.7 Å². The number of hydrogen-bond donors (Lipinski definition) is 1. The van der Waals surface area contributed by atoms with Gasteiger partial charge in [0.25, 0.3) is 0 Å². The van der Waals surface area contributed by atoms with Crippen LogP contribution in [0.25, 0.3) is 11.1 Å². The van der Waals surface area contributed by atoms with E-state index in [1.165, 1.54) is 5.56 Å². The first-order valence-corrected chi connectivity index (χ1v) is 10.1. The summed E-state index contributed by atoms with van der Waals surface area (Å²) in [7, 11) is 0. The van der Waals surface area contributed by atoms with Gasteiger partial charge in [-0.3, -0.25) is 4.79 Å². The van der Waals surface area contributed by atoms with E-state index in [9.17, 15) is 4.79 Å². The number of amides is 1. The van der Waals surface area contributed by atoms with Crippen LogP contribution in [0, 0.1) is 25.2 Å². The van der Waals surface area contributed by atoms with Gasteiger partial charge >= 0.3 is 0 Å². The fraction of sp³-hybridized carbons (Fsp3) is 0.333. The molecular formula is C24H24N2O3. The summed E-state index contributed by atoms with van der Waals surface area (Å²) >= 11 is 0. The number of carbonyl (C=O) groups is 1. The summed E-state index contributed by atoms with van der Waals surface area (Å²) in [5.41, 5.74) is 4.02. The zero-order valence-electron chi connectivity index (χ0n) is 16.7. The number of nitrogens with zero attached hydrogens (tertiary/aromatic N) is 1. The second kappa shape index (κ2) is 6.76. The van der Waals surface area contributed by atoms with Crippen LogP contribution in [0.15, 0.2) is 60.2 Å². The lowest BCUT2D eigenvalue weighted by molar-refractivity contribution is -0.122. The number of aryl methyl sites for hydroxylation is 2. The van der Waals surface area contributed by atoms with Crippen LogP contribution >= 0.6 is 0 Å². The minimum absolute atomic E-state index is 0.0503. The first-order chi connectivity index (χ1) is 14.1. The molecule has 1 amide bonds. The number of benzene rings is 1. The van der Waals surface area contributed by atoms with Crippen molar-refractivity contribution in [1.29, 1.82) is 0 Å². The third-order valence-corrected chi connectivity index (χ3v) is 6.32. The Kier molecular flexibility index (Phi) is 4.19. The molecule has 1 aromatic heterocycles. The lowest BCUT2D eigenvalue weighted by Crippen LogP contribution is -2.32. The van der Waals surface area contributed by atoms with Crippen LogP contribution in [0.3, 0.4) is 0 Å². The fourth-order valence-corrected chi connectivity index (χ4v) is 4.35. The molecule has 3 aliphatic rings. The Morgan fingerprint density at radius 2 is 2.00 bits per heavy atom. The Hall–Kier alpha value is -3.08. The van der Waals surface area contributed by atoms with E-state index < -0.39 is 0 Å². The van der Waals surface area contributed by atoms with Gasteiger partial charge in [0.1, 0.15) is 11.6 Å². The van der Waals surface area contributed by atoms with E-state index >= 15 is 0 Å². The molecule has 0 saturated heterocycles. The van der Waals surface area contributed by atoms with Crippen molar-refractivity contribution >= 4 is 11.7 Å². The van der Waals surface area contributed by atoms with Gasteiger partial charge in [-0.05, 0) is 61.4 Å². The number of allylic oxidation sites excluding steroid dienone is 3. The van der Waals surface area contributed by atoms with Gasteiger partial charge < -0.3 is 14.8 Å². The van der Waals surface area contributed by atoms with Crippen LogP contribution < -0.4 is 5.32 Å². The first-order valence-electron chi connectivity index (χ1n) is 10.1. The third-order valence-electron chi connectivity index (χ3n) is 6.32. The van der Waals surface area contributed by atoms with Gasteiger partial charge in [0.2, 0.25) is 12.7 Å². The molecule has 1 saturated carbocycles. The molecule has 29 heavy (non-hydrogen) atoms. The van der Waals surface area contributed by atoms with Crippen molar-refractivity contribution in [1.82, 2.24) is 4.98 Å². The van der Waals surface area contributed by atoms with Gasteiger partial charge in [0, 0.05) is 18.2 Å². The predicted octanol–water partition coefficient (Wildman–Crippen LogP) is 4.88. The lowest BCUT2D eigenvalue weighted by atomic mass is 9.82. The molecule has 2 aliphatic carbocycles. The second-order valence-corrected chi connectivity index (χ2v) is 8.18. The van der Waals surface area contributed by atoms with Gasteiger partial charge in [-0.25, -0.2) is 4.98 Å². The third kappa shape index (κ3) is 3.11. The molecule has 5 rings (SSSR count). The molecule has 2 heterocycles. The van der Waals surface area contributed by atoms with Crippen molar-refractivity contribution in [3.8, 4) is 11.1 Å². The standard InChI is InChI=1S/C24H24N2O3/c1-15-5-3-4-6-19(15)17-11-16(2)22(25-13-17)26-23(27)24(9-10-24)18-7-8-20-21(12-18)29-14-28-20/h3-8,11,13,18H,9-10,12,14H2,1-2H3,(H,25,26,27). The maximum absolute atomic E-state index is 13.2. The largest absolute Gasteiger partial charge is 0.458 e. The summed E-state index contributed by atoms with van der Waals surface area (Å²) in [6.07, 6.45) is 8.38. The number of ether oxygens (including phenoxy) is 2. The molecule has 1 N–H and O–H groups in total. The van der Waals surface area contributed by atoms with Gasteiger partial charge in [0.05, 0.1) is 5.41 Å². The summed E-state index contributed by atoms with van der Waals surface area (Å²) in [5.74, 6) is 2.50. The Morgan fingerprint density at radius 1 is 1.17 bits per heavy atom. The number of anilines is 1. The average Bonchev–Trinajstić information content (AvgIpc) is 3.41. The maximum atomic E-state index is 13.2. The maximum Gasteiger partial charge on any atom is 0.232 e. The summed E-state index contributed by atoms with van der Waals surface area (Å²) in [5, 5.41) is 3.09. The van der Waals surface area contributed by atoms with Crippen molar-refractivity contribution in [2.45, 2.75) is 33.1 Å². The fourth-order valence-electron chi connectivity index (χ4n) is 4.35. The van der Waals surface area contributed by atoms with E-state index in [4.69, 9.17) is 9.47 Å². The van der Waals surface area contributed by atoms with E-state index in [1.807, 2.05) is 31.3 Å². The lowest BCUT2D eigenvalue weighted by Gasteiger charge is -2.25. The van der Waals surface area contributed by atoms with Gasteiger partial charge in [0.15, 0.2) is 5.76 Å². The van der Waals surface area contributed by atoms with E-state index in [0.29, 0.717) is 5.82 Å². The summed E-state index contributed by atoms with van der Waals surface area (Å²) in [6.45, 7) is 4.36. The van der Waals surface area contributed by atoms with Crippen LogP contribution in [0.2, 0.25) is 0 Å². The van der Waals surface area contributed by atoms with Crippen molar-refractivity contribution in [3.05, 3.63) is 71.3 Å². The zero-order valence-corrected chi connectivity index (χ0v) is 16.7. The number of aromatic nitrogens is 1. The van der Waals surface area contributed by atoms with E-state index in [0.717, 1.165) is 47.5 Å². The summed E-state index contributed by atoms with van der Waals surface area (Å²) < 4.78 is 11.0. The van der Waals surface area contributed by atoms with Crippen LogP contribution in [0.5, 0.6) is 0 Å². The molecule has 1 fully saturated rings. The van der Waals surface area contributed by atoms with Crippen molar-refractivity contribution < 1.29 is 14.3 Å². The molecule has 148 valence electrons. The smallest absolute Gasteiger partial charge is 0.232 e. The zero-order chi connectivity index (χ0) is 20.0. The molecule has 5 nitrogen and oxygen atoms in total. The predicted molar refractivity (Wildman–Crippen MR) is 111 cm³/mol. The summed E-state index contributed by atoms with van der Waals surface area (Å²) in [6, 6.07) is 10.3. The number of pyridine rings is 1. The molecule has 2 aromatic rings. The highest BCUT2D eigenvalue weighted by Gasteiger charge is 2.55. The molecule has 5 heteroatoms. The van der Waals surface area contributed by atoms with E-state index in [1.54, 1.807) is 0 Å². The molecule has 1 aromatic carbocycles. The van der Waals surface area contributed by atoms with Crippen molar-refractivity contribution in [2.75, 3.05) is 12.1 Å². The van der Waals surface area contributed by atoms with E-state index in [2.05, 4.69) is 41.5 Å². The van der Waals surface area contributed by atoms with Crippen LogP contribution in [0.4, 0.5) is 5.82 Å². The highest BCUT2D eigenvalue weighted by molar-refractivity contribution is 5.97. The number of carbonyl (C=O) groups excluding carboxylic acids is 1. The van der Waals surface area contributed by atoms with Crippen LogP contribution in [-0.2, 0) is 14.3 Å². The average molecular weight is 388 g/mol. The highest BCUT2D eigenvalue weighted by Crippen LogP contribution is 2.56. The number of nitrogens with one attached hydrogen (secondary N) is 1. The monoisotopic (exact) mass is 388 g/mol. The summed E-state index contributed by atoms with van der Waals surface area (Å²) in [4.78, 5) is 17.7. The Balaban J connectivity index is 1.33. The molecule has 0 spiro atoms. The number of rotatable bonds is 4. The molecule has 1 aliphatic heterocycles. The van der Waals surface area contributed by atoms with Gasteiger partial charge in [-0.1, -0.05) is 30.3 Å². The topological polar surface area (TPSA) is 60.5 Å². The first kappa shape index (κ1) is 18.0. The Morgan fingerprint density at radius 3 is 2.76 bits per heavy atom. The minimum atomic E-state index is -0.371. The SMILES string of the molecule is Cc1ccccc1-c1cnc(NC(=O)C2(C3C=CC4=C(C3)OCO4)CC2)c(C)c1. The molecule has 1 unspecified atom stereocenters. The second-order valence-electron chi connectivity index (χ2n) is 8.18. The normalized spacial score (nSPS) is 21.2. The molecular weight excluding hydrogens is 364 g/mol. The van der Waals surface area contributed by atoms with Crippen molar-refractivity contribution in [2.24, 2.45) is 11.3 Å². The van der Waals surface area contributed by atoms with Gasteiger partial charge in [-0.2, -0.15) is 0 Å². The molecule has 1 atom stereocenters. The van der Waals surface area contributed by atoms with Crippen molar-refractivity contribution in [3.63, 3.8) is 0 Å². The Labute approximate surface area is 170 Å². The van der Waals surface area contributed by atoms with Crippen LogP contribution in [0.1, 0.15) is 30.4 Å².